The lowest BCUT2D eigenvalue weighted by Gasteiger charge is -2.19. The summed E-state index contributed by atoms with van der Waals surface area (Å²) in [7, 11) is 1.78. The maximum Gasteiger partial charge on any atom is 0.191 e. The number of aryl methyl sites for hydroxylation is 1. The van der Waals surface area contributed by atoms with Gasteiger partial charge in [-0.05, 0) is 36.6 Å². The fourth-order valence-electron chi connectivity index (χ4n) is 3.02. The van der Waals surface area contributed by atoms with Crippen molar-refractivity contribution in [1.29, 1.82) is 0 Å². The van der Waals surface area contributed by atoms with E-state index in [9.17, 15) is 0 Å². The Hall–Kier alpha value is -2.55. The second kappa shape index (κ2) is 12.2. The number of imidazole rings is 1. The number of hydrogen-bond donors (Lipinski definition) is 2. The molecular weight excluding hydrogens is 489 g/mol. The molecule has 7 heteroatoms. The van der Waals surface area contributed by atoms with E-state index in [-0.39, 0.29) is 30.1 Å². The topological polar surface area (TPSA) is 63.5 Å². The van der Waals surface area contributed by atoms with Crippen molar-refractivity contribution in [3.8, 4) is 5.75 Å². The molecule has 0 saturated carbocycles. The van der Waals surface area contributed by atoms with Crippen LogP contribution in [0.5, 0.6) is 5.75 Å². The van der Waals surface area contributed by atoms with E-state index in [1.165, 1.54) is 11.1 Å². The highest BCUT2D eigenvalue weighted by Gasteiger charge is 2.07. The highest BCUT2D eigenvalue weighted by molar-refractivity contribution is 14.0. The predicted octanol–water partition coefficient (Wildman–Crippen LogP) is 3.99. The summed E-state index contributed by atoms with van der Waals surface area (Å²) < 4.78 is 8.07. The first-order valence-electron chi connectivity index (χ1n) is 9.84. The lowest BCUT2D eigenvalue weighted by Crippen LogP contribution is -2.41. The summed E-state index contributed by atoms with van der Waals surface area (Å²) in [6.07, 6.45) is 5.62. The zero-order chi connectivity index (χ0) is 20.5. The van der Waals surface area contributed by atoms with Crippen molar-refractivity contribution < 1.29 is 4.74 Å². The fourth-order valence-corrected chi connectivity index (χ4v) is 3.02. The van der Waals surface area contributed by atoms with Crippen LogP contribution in [0.2, 0.25) is 0 Å². The molecule has 0 aliphatic heterocycles. The Labute approximate surface area is 195 Å². The predicted molar refractivity (Wildman–Crippen MR) is 133 cm³/mol. The molecule has 0 saturated heterocycles. The first kappa shape index (κ1) is 23.7. The molecule has 3 aromatic rings. The second-order valence-electron chi connectivity index (χ2n) is 7.06. The smallest absolute Gasteiger partial charge is 0.191 e. The van der Waals surface area contributed by atoms with Crippen LogP contribution < -0.4 is 15.4 Å². The number of nitrogens with one attached hydrogen (secondary N) is 2. The van der Waals surface area contributed by atoms with Crippen molar-refractivity contribution in [2.45, 2.75) is 33.0 Å². The average Bonchev–Trinajstić information content (AvgIpc) is 3.23. The number of aliphatic imine (C=N–C) groups is 1. The van der Waals surface area contributed by atoms with Gasteiger partial charge in [0.05, 0.1) is 12.9 Å². The van der Waals surface area contributed by atoms with Gasteiger partial charge in [-0.2, -0.15) is 0 Å². The molecule has 6 nitrogen and oxygen atoms in total. The van der Waals surface area contributed by atoms with Crippen LogP contribution in [0.25, 0.3) is 0 Å². The van der Waals surface area contributed by atoms with E-state index in [0.29, 0.717) is 13.1 Å². The number of hydrogen-bond acceptors (Lipinski definition) is 3. The quantitative estimate of drug-likeness (QED) is 0.269. The van der Waals surface area contributed by atoms with E-state index in [1.807, 2.05) is 37.6 Å². The van der Waals surface area contributed by atoms with Gasteiger partial charge >= 0.3 is 0 Å². The van der Waals surface area contributed by atoms with E-state index in [4.69, 9.17) is 4.74 Å². The molecule has 0 aliphatic rings. The van der Waals surface area contributed by atoms with Gasteiger partial charge < -0.3 is 19.9 Å². The van der Waals surface area contributed by atoms with Crippen molar-refractivity contribution in [3.05, 3.63) is 83.9 Å². The number of benzene rings is 2. The largest absolute Gasteiger partial charge is 0.489 e. The Bertz CT molecular complexity index is 927. The van der Waals surface area contributed by atoms with Crippen LogP contribution >= 0.6 is 24.0 Å². The van der Waals surface area contributed by atoms with Crippen LogP contribution in [0.15, 0.2) is 72.2 Å². The summed E-state index contributed by atoms with van der Waals surface area (Å²) >= 11 is 0. The molecule has 0 aliphatic carbocycles. The lowest BCUT2D eigenvalue weighted by atomic mass is 10.1. The first-order chi connectivity index (χ1) is 14.1. The maximum atomic E-state index is 6.02. The van der Waals surface area contributed by atoms with Crippen LogP contribution in [-0.2, 0) is 13.1 Å². The molecule has 0 bridgehead atoms. The molecule has 1 unspecified atom stereocenters. The molecule has 1 atom stereocenters. The number of aromatic nitrogens is 2. The Balaban J connectivity index is 0.00000320. The Morgan fingerprint density at radius 3 is 2.67 bits per heavy atom. The normalized spacial score (nSPS) is 12.0. The number of nitrogens with zero attached hydrogens (tertiary/aromatic N) is 3. The summed E-state index contributed by atoms with van der Waals surface area (Å²) in [5.41, 5.74) is 3.58. The van der Waals surface area contributed by atoms with E-state index in [2.05, 4.69) is 62.4 Å². The SMILES string of the molecule is CN=C(NCc1cccc(Cn2ccnc2)c1)NCC(C)Oc1ccccc1C.I. The van der Waals surface area contributed by atoms with Gasteiger partial charge in [-0.25, -0.2) is 4.98 Å². The second-order valence-corrected chi connectivity index (χ2v) is 7.06. The molecule has 160 valence electrons. The van der Waals surface area contributed by atoms with Gasteiger partial charge in [0, 0.05) is 32.5 Å². The van der Waals surface area contributed by atoms with Crippen molar-refractivity contribution in [1.82, 2.24) is 20.2 Å². The summed E-state index contributed by atoms with van der Waals surface area (Å²) in [6, 6.07) is 16.6. The third-order valence-corrected chi connectivity index (χ3v) is 4.58. The molecule has 2 N–H and O–H groups in total. The van der Waals surface area contributed by atoms with Crippen LogP contribution in [0.4, 0.5) is 0 Å². The Morgan fingerprint density at radius 2 is 1.93 bits per heavy atom. The van der Waals surface area contributed by atoms with Crippen LogP contribution in [0, 0.1) is 6.92 Å². The molecule has 1 aromatic heterocycles. The van der Waals surface area contributed by atoms with Gasteiger partial charge in [-0.1, -0.05) is 42.5 Å². The maximum absolute atomic E-state index is 6.02. The minimum absolute atomic E-state index is 0. The third kappa shape index (κ3) is 7.37. The first-order valence-corrected chi connectivity index (χ1v) is 9.84. The van der Waals surface area contributed by atoms with Gasteiger partial charge in [0.2, 0.25) is 0 Å². The zero-order valence-corrected chi connectivity index (χ0v) is 20.0. The average molecular weight is 519 g/mol. The Kier molecular flexibility index (Phi) is 9.66. The summed E-state index contributed by atoms with van der Waals surface area (Å²) in [5, 5.41) is 6.70. The highest BCUT2D eigenvalue weighted by Crippen LogP contribution is 2.17. The summed E-state index contributed by atoms with van der Waals surface area (Å²) in [5.74, 6) is 1.67. The molecule has 3 rings (SSSR count). The van der Waals surface area contributed by atoms with Crippen LogP contribution in [0.1, 0.15) is 23.6 Å². The molecule has 0 amide bonds. The third-order valence-electron chi connectivity index (χ3n) is 4.58. The molecule has 1 heterocycles. The van der Waals surface area contributed by atoms with Gasteiger partial charge in [-0.15, -0.1) is 24.0 Å². The van der Waals surface area contributed by atoms with Gasteiger partial charge in [-0.3, -0.25) is 4.99 Å². The number of rotatable bonds is 8. The number of halogens is 1. The van der Waals surface area contributed by atoms with E-state index in [1.54, 1.807) is 13.2 Å². The van der Waals surface area contributed by atoms with Crippen LogP contribution in [0.3, 0.4) is 0 Å². The zero-order valence-electron chi connectivity index (χ0n) is 17.7. The van der Waals surface area contributed by atoms with Crippen molar-refractivity contribution in [3.63, 3.8) is 0 Å². The summed E-state index contributed by atoms with van der Waals surface area (Å²) in [4.78, 5) is 8.40. The molecule has 0 fully saturated rings. The van der Waals surface area contributed by atoms with Gasteiger partial charge in [0.15, 0.2) is 5.96 Å². The van der Waals surface area contributed by atoms with Crippen LogP contribution in [-0.4, -0.2) is 35.2 Å². The number of para-hydroxylation sites is 1. The van der Waals surface area contributed by atoms with E-state index >= 15 is 0 Å². The van der Waals surface area contributed by atoms with Crippen molar-refractivity contribution >= 4 is 29.9 Å². The number of guanidine groups is 1. The molecule has 2 aromatic carbocycles. The lowest BCUT2D eigenvalue weighted by molar-refractivity contribution is 0.222. The van der Waals surface area contributed by atoms with Gasteiger partial charge in [0.1, 0.15) is 11.9 Å². The Morgan fingerprint density at radius 1 is 1.13 bits per heavy atom. The van der Waals surface area contributed by atoms with Crippen molar-refractivity contribution in [2.75, 3.05) is 13.6 Å². The van der Waals surface area contributed by atoms with Crippen molar-refractivity contribution in [2.24, 2.45) is 4.99 Å². The highest BCUT2D eigenvalue weighted by atomic mass is 127. The van der Waals surface area contributed by atoms with Gasteiger partial charge in [0.25, 0.3) is 0 Å². The molecule has 0 spiro atoms. The monoisotopic (exact) mass is 519 g/mol. The molecule has 30 heavy (non-hydrogen) atoms. The van der Waals surface area contributed by atoms with E-state index < -0.39 is 0 Å². The minimum atomic E-state index is 0. The molecule has 0 radical (unpaired) electrons. The van der Waals surface area contributed by atoms with E-state index in [0.717, 1.165) is 23.8 Å². The number of ether oxygens (including phenoxy) is 1. The standard InChI is InChI=1S/C23H29N5O.HI/c1-18-7-4-5-10-22(18)29-19(2)14-26-23(24-3)27-15-20-8-6-9-21(13-20)16-28-12-11-25-17-28;/h4-13,17,19H,14-16H2,1-3H3,(H2,24,26,27);1H. The molecular formula is C23H30IN5O. The fraction of sp³-hybridized carbons (Fsp3) is 0.304. The minimum Gasteiger partial charge on any atom is -0.489 e. The summed E-state index contributed by atoms with van der Waals surface area (Å²) in [6.45, 7) is 6.27.